The van der Waals surface area contributed by atoms with E-state index in [2.05, 4.69) is 30.6 Å². The first kappa shape index (κ1) is 13.9. The van der Waals surface area contributed by atoms with Crippen LogP contribution in [0.4, 0.5) is 0 Å². The predicted octanol–water partition coefficient (Wildman–Crippen LogP) is 3.76. The summed E-state index contributed by atoms with van der Waals surface area (Å²) in [6.45, 7) is 5.43. The Bertz CT molecular complexity index is 426. The molecule has 1 N–H and O–H groups in total. The topological polar surface area (TPSA) is 21.3 Å². The summed E-state index contributed by atoms with van der Waals surface area (Å²) in [6.07, 6.45) is 3.58. The van der Waals surface area contributed by atoms with Crippen molar-refractivity contribution in [1.82, 2.24) is 5.32 Å². The number of thioether (sulfide) groups is 1. The molecule has 3 rings (SSSR count). The Kier molecular flexibility index (Phi) is 4.22. The van der Waals surface area contributed by atoms with E-state index in [4.69, 9.17) is 4.74 Å². The van der Waals surface area contributed by atoms with Gasteiger partial charge in [-0.15, -0.1) is 11.3 Å². The molecule has 1 spiro atoms. The fraction of sp³-hybridized carbons (Fsp3) is 0.733. The van der Waals surface area contributed by atoms with Crippen LogP contribution in [0.3, 0.4) is 0 Å². The van der Waals surface area contributed by atoms with Crippen molar-refractivity contribution >= 4 is 23.1 Å². The molecule has 1 aromatic heterocycles. The Labute approximate surface area is 124 Å². The van der Waals surface area contributed by atoms with Crippen LogP contribution in [0, 0.1) is 6.92 Å². The van der Waals surface area contributed by atoms with Crippen molar-refractivity contribution in [3.63, 3.8) is 0 Å². The molecule has 1 aromatic rings. The van der Waals surface area contributed by atoms with E-state index in [1.807, 2.05) is 23.1 Å². The molecule has 0 aromatic carbocycles. The lowest BCUT2D eigenvalue weighted by atomic mass is 9.89. The number of aryl methyl sites for hydroxylation is 1. The molecule has 0 amide bonds. The van der Waals surface area contributed by atoms with Gasteiger partial charge in [-0.3, -0.25) is 0 Å². The zero-order valence-electron chi connectivity index (χ0n) is 11.8. The monoisotopic (exact) mass is 297 g/mol. The second-order valence-corrected chi connectivity index (χ2v) is 7.93. The van der Waals surface area contributed by atoms with Crippen molar-refractivity contribution in [2.75, 3.05) is 18.1 Å². The van der Waals surface area contributed by atoms with Crippen LogP contribution in [0.25, 0.3) is 0 Å². The lowest BCUT2D eigenvalue weighted by Crippen LogP contribution is -2.47. The van der Waals surface area contributed by atoms with Crippen LogP contribution in [-0.2, 0) is 4.74 Å². The molecule has 3 heterocycles. The lowest BCUT2D eigenvalue weighted by molar-refractivity contribution is -0.0711. The molecule has 2 fully saturated rings. The fourth-order valence-electron chi connectivity index (χ4n) is 3.29. The highest BCUT2D eigenvalue weighted by Crippen LogP contribution is 2.39. The van der Waals surface area contributed by atoms with Gasteiger partial charge in [0, 0.05) is 29.3 Å². The van der Waals surface area contributed by atoms with Crippen LogP contribution in [-0.4, -0.2) is 29.8 Å². The van der Waals surface area contributed by atoms with Crippen molar-refractivity contribution in [3.05, 3.63) is 21.9 Å². The molecular formula is C15H23NOS2. The van der Waals surface area contributed by atoms with Crippen molar-refractivity contribution < 1.29 is 4.74 Å². The van der Waals surface area contributed by atoms with Crippen molar-refractivity contribution in [3.8, 4) is 0 Å². The first-order valence-electron chi connectivity index (χ1n) is 7.20. The summed E-state index contributed by atoms with van der Waals surface area (Å²) in [7, 11) is 0. The lowest BCUT2D eigenvalue weighted by Gasteiger charge is -2.39. The molecule has 0 unspecified atom stereocenters. The Balaban J connectivity index is 1.62. The molecule has 3 atom stereocenters. The minimum atomic E-state index is 0.185. The number of nitrogens with one attached hydrogen (secondary N) is 1. The Morgan fingerprint density at radius 2 is 2.42 bits per heavy atom. The van der Waals surface area contributed by atoms with E-state index in [0.717, 1.165) is 13.0 Å². The molecular weight excluding hydrogens is 274 g/mol. The standard InChI is InChI=1S/C15H23NOS2/c1-11-4-7-19-14(11)12(2)16-13-3-6-17-15(9-13)5-8-18-10-15/h4,7,12-13,16H,3,5-6,8-10H2,1-2H3/t12-,13-,15-/m0/s1. The number of hydrogen-bond acceptors (Lipinski definition) is 4. The number of hydrogen-bond donors (Lipinski definition) is 1. The summed E-state index contributed by atoms with van der Waals surface area (Å²) in [6, 6.07) is 3.30. The Morgan fingerprint density at radius 3 is 3.11 bits per heavy atom. The molecule has 4 heteroatoms. The summed E-state index contributed by atoms with van der Waals surface area (Å²) >= 11 is 3.92. The van der Waals surface area contributed by atoms with Crippen LogP contribution < -0.4 is 5.32 Å². The SMILES string of the molecule is Cc1ccsc1[C@H](C)N[C@H]1CCO[C@@]2(CCSC2)C1. The highest BCUT2D eigenvalue weighted by Gasteiger charge is 2.40. The fourth-order valence-corrected chi connectivity index (χ4v) is 5.61. The van der Waals surface area contributed by atoms with Crippen molar-refractivity contribution in [1.29, 1.82) is 0 Å². The number of rotatable bonds is 3. The summed E-state index contributed by atoms with van der Waals surface area (Å²) in [4.78, 5) is 1.49. The molecule has 19 heavy (non-hydrogen) atoms. The molecule has 2 nitrogen and oxygen atoms in total. The van der Waals surface area contributed by atoms with Gasteiger partial charge < -0.3 is 10.1 Å². The van der Waals surface area contributed by atoms with Gasteiger partial charge in [0.25, 0.3) is 0 Å². The smallest absolute Gasteiger partial charge is 0.0795 e. The molecule has 2 saturated heterocycles. The summed E-state index contributed by atoms with van der Waals surface area (Å²) in [5.74, 6) is 2.46. The van der Waals surface area contributed by atoms with Crippen LogP contribution in [0.5, 0.6) is 0 Å². The van der Waals surface area contributed by atoms with E-state index in [1.54, 1.807) is 0 Å². The van der Waals surface area contributed by atoms with Gasteiger partial charge in [0.15, 0.2) is 0 Å². The van der Waals surface area contributed by atoms with E-state index < -0.39 is 0 Å². The third-order valence-corrected chi connectivity index (χ3v) is 6.77. The van der Waals surface area contributed by atoms with Crippen LogP contribution in [0.15, 0.2) is 11.4 Å². The van der Waals surface area contributed by atoms with Gasteiger partial charge in [-0.25, -0.2) is 0 Å². The van der Waals surface area contributed by atoms with Gasteiger partial charge in [0.05, 0.1) is 5.60 Å². The molecule has 0 radical (unpaired) electrons. The number of thiophene rings is 1. The predicted molar refractivity (Wildman–Crippen MR) is 84.3 cm³/mol. The zero-order chi connectivity index (χ0) is 13.3. The average Bonchev–Trinajstić information content (AvgIpc) is 2.99. The molecule has 106 valence electrons. The van der Waals surface area contributed by atoms with Gasteiger partial charge in [-0.05, 0) is 55.9 Å². The zero-order valence-corrected chi connectivity index (χ0v) is 13.4. The van der Waals surface area contributed by atoms with E-state index in [9.17, 15) is 0 Å². The summed E-state index contributed by atoms with van der Waals surface area (Å²) in [5, 5.41) is 6.03. The minimum absolute atomic E-state index is 0.185. The van der Waals surface area contributed by atoms with Crippen molar-refractivity contribution in [2.24, 2.45) is 0 Å². The third-order valence-electron chi connectivity index (χ3n) is 4.34. The Hall–Kier alpha value is -0.0300. The van der Waals surface area contributed by atoms with Gasteiger partial charge in [-0.2, -0.15) is 11.8 Å². The van der Waals surface area contributed by atoms with Gasteiger partial charge >= 0.3 is 0 Å². The van der Waals surface area contributed by atoms with E-state index >= 15 is 0 Å². The van der Waals surface area contributed by atoms with Gasteiger partial charge in [0.2, 0.25) is 0 Å². The molecule has 0 saturated carbocycles. The maximum Gasteiger partial charge on any atom is 0.0795 e. The largest absolute Gasteiger partial charge is 0.374 e. The molecule has 2 aliphatic rings. The first-order chi connectivity index (χ1) is 9.19. The maximum absolute atomic E-state index is 6.09. The third kappa shape index (κ3) is 3.02. The molecule has 2 aliphatic heterocycles. The van der Waals surface area contributed by atoms with Crippen molar-refractivity contribution in [2.45, 2.75) is 50.8 Å². The van der Waals surface area contributed by atoms with Gasteiger partial charge in [0.1, 0.15) is 0 Å². The highest BCUT2D eigenvalue weighted by molar-refractivity contribution is 7.99. The normalized spacial score (nSPS) is 32.8. The molecule has 0 aliphatic carbocycles. The highest BCUT2D eigenvalue weighted by atomic mass is 32.2. The number of ether oxygens (including phenoxy) is 1. The summed E-state index contributed by atoms with van der Waals surface area (Å²) in [5.41, 5.74) is 1.60. The quantitative estimate of drug-likeness (QED) is 0.918. The average molecular weight is 297 g/mol. The van der Waals surface area contributed by atoms with Crippen LogP contribution in [0.1, 0.15) is 42.7 Å². The van der Waals surface area contributed by atoms with E-state index in [0.29, 0.717) is 12.1 Å². The first-order valence-corrected chi connectivity index (χ1v) is 9.24. The van der Waals surface area contributed by atoms with E-state index in [1.165, 1.54) is 34.8 Å². The summed E-state index contributed by atoms with van der Waals surface area (Å²) < 4.78 is 6.09. The second kappa shape index (κ2) is 5.76. The second-order valence-electron chi connectivity index (χ2n) is 5.88. The van der Waals surface area contributed by atoms with E-state index in [-0.39, 0.29) is 5.60 Å². The molecule has 0 bridgehead atoms. The Morgan fingerprint density at radius 1 is 1.53 bits per heavy atom. The minimum Gasteiger partial charge on any atom is -0.374 e. The van der Waals surface area contributed by atoms with Crippen LogP contribution >= 0.6 is 23.1 Å². The van der Waals surface area contributed by atoms with Crippen LogP contribution in [0.2, 0.25) is 0 Å². The van der Waals surface area contributed by atoms with Gasteiger partial charge in [-0.1, -0.05) is 0 Å². The maximum atomic E-state index is 6.09.